The molecule has 0 radical (unpaired) electrons. The summed E-state index contributed by atoms with van der Waals surface area (Å²) in [4.78, 5) is 22.8. The number of urea groups is 1. The van der Waals surface area contributed by atoms with E-state index in [1.165, 1.54) is 25.3 Å². The van der Waals surface area contributed by atoms with E-state index < -0.39 is 11.0 Å². The Kier molecular flexibility index (Phi) is 6.81. The van der Waals surface area contributed by atoms with E-state index in [0.717, 1.165) is 0 Å². The molecular weight excluding hydrogens is 354 g/mol. The second kappa shape index (κ2) is 9.27. The number of hydrogen-bond donors (Lipinski definition) is 2. The number of amides is 2. The first kappa shape index (κ1) is 19.8. The van der Waals surface area contributed by atoms with Crippen molar-refractivity contribution in [3.8, 4) is 17.2 Å². The van der Waals surface area contributed by atoms with E-state index >= 15 is 0 Å². The monoisotopic (exact) mass is 375 g/mol. The van der Waals surface area contributed by atoms with E-state index in [1.807, 2.05) is 13.8 Å². The number of rotatable bonds is 8. The highest BCUT2D eigenvalue weighted by Gasteiger charge is 2.15. The number of ether oxygens (including phenoxy) is 3. The molecule has 0 atom stereocenters. The first-order valence-corrected chi connectivity index (χ1v) is 8.28. The van der Waals surface area contributed by atoms with E-state index in [0.29, 0.717) is 36.1 Å². The fourth-order valence-electron chi connectivity index (χ4n) is 2.33. The van der Waals surface area contributed by atoms with Crippen LogP contribution in [0.25, 0.3) is 0 Å². The van der Waals surface area contributed by atoms with Crippen LogP contribution < -0.4 is 24.8 Å². The summed E-state index contributed by atoms with van der Waals surface area (Å²) in [5, 5.41) is 16.2. The quantitative estimate of drug-likeness (QED) is 0.532. The molecule has 9 nitrogen and oxygen atoms in total. The summed E-state index contributed by atoms with van der Waals surface area (Å²) in [7, 11) is 1.41. The zero-order valence-electron chi connectivity index (χ0n) is 15.3. The van der Waals surface area contributed by atoms with Crippen molar-refractivity contribution >= 4 is 23.1 Å². The molecule has 2 amide bonds. The molecule has 0 aliphatic rings. The van der Waals surface area contributed by atoms with Gasteiger partial charge in [0.2, 0.25) is 0 Å². The van der Waals surface area contributed by atoms with E-state index in [2.05, 4.69) is 10.6 Å². The number of benzene rings is 2. The molecule has 9 heteroatoms. The Labute approximate surface area is 156 Å². The van der Waals surface area contributed by atoms with Gasteiger partial charge in [-0.25, -0.2) is 4.79 Å². The van der Waals surface area contributed by atoms with Crippen LogP contribution in [0.4, 0.5) is 21.9 Å². The minimum Gasteiger partial charge on any atom is -0.495 e. The Morgan fingerprint density at radius 2 is 1.63 bits per heavy atom. The van der Waals surface area contributed by atoms with Gasteiger partial charge in [-0.05, 0) is 32.0 Å². The minimum atomic E-state index is -0.608. The summed E-state index contributed by atoms with van der Waals surface area (Å²) < 4.78 is 16.1. The number of nitro groups is 1. The van der Waals surface area contributed by atoms with Crippen molar-refractivity contribution < 1.29 is 23.9 Å². The Bertz CT molecular complexity index is 825. The lowest BCUT2D eigenvalue weighted by Gasteiger charge is -2.15. The van der Waals surface area contributed by atoms with Crippen molar-refractivity contribution in [2.75, 3.05) is 31.0 Å². The third-order valence-electron chi connectivity index (χ3n) is 3.45. The minimum absolute atomic E-state index is 0.167. The second-order valence-corrected chi connectivity index (χ2v) is 5.24. The van der Waals surface area contributed by atoms with Crippen LogP contribution in [0.1, 0.15) is 13.8 Å². The number of nitro benzene ring substituents is 1. The number of carbonyl (C=O) groups is 1. The first-order chi connectivity index (χ1) is 13.0. The van der Waals surface area contributed by atoms with Gasteiger partial charge in [0, 0.05) is 18.2 Å². The average molecular weight is 375 g/mol. The molecule has 0 saturated carbocycles. The molecule has 0 aliphatic heterocycles. The van der Waals surface area contributed by atoms with E-state index in [-0.39, 0.29) is 11.4 Å². The van der Waals surface area contributed by atoms with Gasteiger partial charge < -0.3 is 24.8 Å². The highest BCUT2D eigenvalue weighted by atomic mass is 16.6. The van der Waals surface area contributed by atoms with Crippen LogP contribution in [-0.4, -0.2) is 31.3 Å². The van der Waals surface area contributed by atoms with Gasteiger partial charge in [-0.15, -0.1) is 0 Å². The van der Waals surface area contributed by atoms with Gasteiger partial charge in [0.15, 0.2) is 0 Å². The van der Waals surface area contributed by atoms with Gasteiger partial charge >= 0.3 is 6.03 Å². The summed E-state index contributed by atoms with van der Waals surface area (Å²) in [6, 6.07) is 8.38. The van der Waals surface area contributed by atoms with E-state index in [4.69, 9.17) is 14.2 Å². The molecule has 0 spiro atoms. The van der Waals surface area contributed by atoms with Gasteiger partial charge in [-0.2, -0.15) is 0 Å². The predicted octanol–water partition coefficient (Wildman–Crippen LogP) is 4.04. The molecule has 0 aliphatic carbocycles. The van der Waals surface area contributed by atoms with Crippen LogP contribution in [-0.2, 0) is 0 Å². The van der Waals surface area contributed by atoms with Crippen LogP contribution in [0.3, 0.4) is 0 Å². The normalized spacial score (nSPS) is 10.0. The molecule has 2 aromatic carbocycles. The summed E-state index contributed by atoms with van der Waals surface area (Å²) in [5.74, 6) is 1.34. The second-order valence-electron chi connectivity index (χ2n) is 5.24. The Morgan fingerprint density at radius 1 is 1.00 bits per heavy atom. The van der Waals surface area contributed by atoms with Gasteiger partial charge in [-0.3, -0.25) is 10.1 Å². The zero-order chi connectivity index (χ0) is 19.8. The lowest BCUT2D eigenvalue weighted by Crippen LogP contribution is -2.20. The van der Waals surface area contributed by atoms with Crippen molar-refractivity contribution in [2.24, 2.45) is 0 Å². The number of non-ortho nitro benzene ring substituents is 1. The predicted molar refractivity (Wildman–Crippen MR) is 101 cm³/mol. The molecule has 2 aromatic rings. The number of hydrogen-bond acceptors (Lipinski definition) is 6. The third-order valence-corrected chi connectivity index (χ3v) is 3.45. The topological polar surface area (TPSA) is 112 Å². The standard InChI is InChI=1S/C18H21N3O6/c1-4-26-13-7-9-17(27-5-2)15(11-13)20-18(22)19-14-10-12(21(23)24)6-8-16(14)25-3/h6-11H,4-5H2,1-3H3,(H2,19,20,22). The van der Waals surface area contributed by atoms with Gasteiger partial charge in [0.25, 0.3) is 5.69 Å². The lowest BCUT2D eigenvalue weighted by molar-refractivity contribution is -0.384. The Hall–Kier alpha value is -3.49. The number of anilines is 2. The summed E-state index contributed by atoms with van der Waals surface area (Å²) >= 11 is 0. The van der Waals surface area contributed by atoms with Crippen molar-refractivity contribution in [3.63, 3.8) is 0 Å². The maximum absolute atomic E-state index is 12.4. The van der Waals surface area contributed by atoms with Crippen LogP contribution in [0.2, 0.25) is 0 Å². The fourth-order valence-corrected chi connectivity index (χ4v) is 2.33. The van der Waals surface area contributed by atoms with Gasteiger partial charge in [-0.1, -0.05) is 0 Å². The zero-order valence-corrected chi connectivity index (χ0v) is 15.3. The molecule has 0 heterocycles. The molecule has 2 rings (SSSR count). The van der Waals surface area contributed by atoms with E-state index in [1.54, 1.807) is 18.2 Å². The average Bonchev–Trinajstić information content (AvgIpc) is 2.64. The summed E-state index contributed by atoms with van der Waals surface area (Å²) in [6.45, 7) is 4.58. The maximum Gasteiger partial charge on any atom is 0.323 e. The van der Waals surface area contributed by atoms with Gasteiger partial charge in [0.1, 0.15) is 17.2 Å². The molecule has 0 fully saturated rings. The molecule has 0 bridgehead atoms. The highest BCUT2D eigenvalue weighted by Crippen LogP contribution is 2.31. The Balaban J connectivity index is 2.23. The van der Waals surface area contributed by atoms with Crippen LogP contribution >= 0.6 is 0 Å². The van der Waals surface area contributed by atoms with Crippen LogP contribution in [0.5, 0.6) is 17.2 Å². The fraction of sp³-hybridized carbons (Fsp3) is 0.278. The lowest BCUT2D eigenvalue weighted by atomic mass is 10.2. The molecule has 0 unspecified atom stereocenters. The molecular formula is C18H21N3O6. The summed E-state index contributed by atoms with van der Waals surface area (Å²) in [6.07, 6.45) is 0. The van der Waals surface area contributed by atoms with Crippen LogP contribution in [0, 0.1) is 10.1 Å². The first-order valence-electron chi connectivity index (χ1n) is 8.28. The number of methoxy groups -OCH3 is 1. The number of nitrogens with one attached hydrogen (secondary N) is 2. The molecule has 0 aromatic heterocycles. The molecule has 2 N–H and O–H groups in total. The molecule has 27 heavy (non-hydrogen) atoms. The Morgan fingerprint density at radius 3 is 2.22 bits per heavy atom. The van der Waals surface area contributed by atoms with Crippen LogP contribution in [0.15, 0.2) is 36.4 Å². The van der Waals surface area contributed by atoms with Gasteiger partial charge in [0.05, 0.1) is 36.6 Å². The highest BCUT2D eigenvalue weighted by molar-refractivity contribution is 6.01. The molecule has 0 saturated heterocycles. The van der Waals surface area contributed by atoms with E-state index in [9.17, 15) is 14.9 Å². The number of nitrogens with zero attached hydrogens (tertiary/aromatic N) is 1. The van der Waals surface area contributed by atoms with Crippen molar-refractivity contribution in [2.45, 2.75) is 13.8 Å². The smallest absolute Gasteiger partial charge is 0.323 e. The number of carbonyl (C=O) groups excluding carboxylic acids is 1. The third kappa shape index (κ3) is 5.24. The largest absolute Gasteiger partial charge is 0.495 e. The SMILES string of the molecule is CCOc1ccc(OCC)c(NC(=O)Nc2cc([N+](=O)[O-])ccc2OC)c1. The summed E-state index contributed by atoms with van der Waals surface area (Å²) in [5.41, 5.74) is 0.410. The molecule has 144 valence electrons. The van der Waals surface area contributed by atoms with Crippen molar-refractivity contribution in [1.82, 2.24) is 0 Å². The van der Waals surface area contributed by atoms with Crippen molar-refractivity contribution in [3.05, 3.63) is 46.5 Å². The maximum atomic E-state index is 12.4. The van der Waals surface area contributed by atoms with Crippen molar-refractivity contribution in [1.29, 1.82) is 0 Å².